The third kappa shape index (κ3) is 2.08. The van der Waals surface area contributed by atoms with Gasteiger partial charge in [-0.15, -0.1) is 0 Å². The minimum absolute atomic E-state index is 0.256. The van der Waals surface area contributed by atoms with E-state index in [9.17, 15) is 0 Å². The van der Waals surface area contributed by atoms with Crippen LogP contribution in [0.3, 0.4) is 0 Å². The largest absolute Gasteiger partial charge is 0.363 e. The van der Waals surface area contributed by atoms with Crippen molar-refractivity contribution in [1.82, 2.24) is 9.80 Å². The monoisotopic (exact) mass is 308 g/mol. The van der Waals surface area contributed by atoms with Crippen LogP contribution in [0.15, 0.2) is 72.3 Å². The van der Waals surface area contributed by atoms with Gasteiger partial charge in [-0.25, -0.2) is 0 Å². The minimum Gasteiger partial charge on any atom is -0.363 e. The molecule has 0 bridgehead atoms. The summed E-state index contributed by atoms with van der Waals surface area (Å²) < 4.78 is 0. The van der Waals surface area contributed by atoms with E-state index >= 15 is 0 Å². The summed E-state index contributed by atoms with van der Waals surface area (Å²) in [4.78, 5) is 4.89. The van der Waals surface area contributed by atoms with Crippen LogP contribution < -0.4 is 0 Å². The van der Waals surface area contributed by atoms with E-state index in [-0.39, 0.29) is 5.54 Å². The first-order chi connectivity index (χ1) is 10.9. The van der Waals surface area contributed by atoms with E-state index in [2.05, 4.69) is 56.2 Å². The van der Waals surface area contributed by atoms with Crippen molar-refractivity contribution in [3.8, 4) is 0 Å². The van der Waals surface area contributed by atoms with Crippen LogP contribution in [-0.2, 0) is 0 Å². The van der Waals surface area contributed by atoms with Crippen molar-refractivity contribution in [1.29, 1.82) is 0 Å². The van der Waals surface area contributed by atoms with E-state index in [4.69, 9.17) is 0 Å². The van der Waals surface area contributed by atoms with Gasteiger partial charge in [-0.1, -0.05) is 45.7 Å². The van der Waals surface area contributed by atoms with Gasteiger partial charge in [-0.05, 0) is 37.3 Å². The first-order valence-corrected chi connectivity index (χ1v) is 8.58. The van der Waals surface area contributed by atoms with E-state index in [0.717, 1.165) is 47.0 Å². The Morgan fingerprint density at radius 2 is 2.09 bits per heavy atom. The van der Waals surface area contributed by atoms with Crippen LogP contribution in [0.5, 0.6) is 0 Å². The van der Waals surface area contributed by atoms with Crippen LogP contribution in [0.25, 0.3) is 0 Å². The first-order valence-electron chi connectivity index (χ1n) is 8.58. The number of rotatable bonds is 4. The van der Waals surface area contributed by atoms with E-state index in [0.29, 0.717) is 0 Å². The summed E-state index contributed by atoms with van der Waals surface area (Å²) in [6.45, 7) is 25.5. The van der Waals surface area contributed by atoms with Gasteiger partial charge in [0.25, 0.3) is 0 Å². The van der Waals surface area contributed by atoms with Crippen LogP contribution in [-0.4, -0.2) is 28.4 Å². The van der Waals surface area contributed by atoms with Gasteiger partial charge >= 0.3 is 0 Å². The zero-order valence-corrected chi connectivity index (χ0v) is 14.8. The van der Waals surface area contributed by atoms with E-state index in [1.54, 1.807) is 0 Å². The molecule has 3 aliphatic rings. The van der Waals surface area contributed by atoms with Gasteiger partial charge in [-0.2, -0.15) is 0 Å². The van der Waals surface area contributed by atoms with Crippen LogP contribution in [0.1, 0.15) is 33.6 Å². The number of hydrogen-bond acceptors (Lipinski definition) is 2. The van der Waals surface area contributed by atoms with E-state index < -0.39 is 0 Å². The molecule has 122 valence electrons. The minimum atomic E-state index is 0.256. The Morgan fingerprint density at radius 3 is 2.57 bits per heavy atom. The quantitative estimate of drug-likeness (QED) is 0.737. The van der Waals surface area contributed by atoms with Gasteiger partial charge in [0.15, 0.2) is 0 Å². The molecule has 1 spiro atoms. The normalized spacial score (nSPS) is 29.7. The molecule has 0 aromatic rings. The van der Waals surface area contributed by atoms with Crippen LogP contribution >= 0.6 is 0 Å². The number of nitrogens with zero attached hydrogens (tertiary/aromatic N) is 2. The molecule has 2 aliphatic heterocycles. The van der Waals surface area contributed by atoms with Crippen molar-refractivity contribution < 1.29 is 0 Å². The highest BCUT2D eigenvalue weighted by molar-refractivity contribution is 5.64. The maximum atomic E-state index is 4.44. The lowest BCUT2D eigenvalue weighted by Crippen LogP contribution is -2.52. The van der Waals surface area contributed by atoms with Gasteiger partial charge in [0.05, 0.1) is 16.9 Å². The summed E-state index contributed by atoms with van der Waals surface area (Å²) in [7, 11) is 0. The molecular weight excluding hydrogens is 280 g/mol. The first kappa shape index (κ1) is 15.9. The lowest BCUT2D eigenvalue weighted by atomic mass is 9.87. The average Bonchev–Trinajstić information content (AvgIpc) is 3.20. The maximum absolute atomic E-state index is 4.44. The summed E-state index contributed by atoms with van der Waals surface area (Å²) in [6.07, 6.45) is 6.63. The number of hydrogen-bond donors (Lipinski definition) is 0. The highest BCUT2D eigenvalue weighted by Gasteiger charge is 2.60. The number of allylic oxidation sites excluding steroid dienone is 5. The van der Waals surface area contributed by atoms with Crippen molar-refractivity contribution in [2.45, 2.75) is 39.2 Å². The summed E-state index contributed by atoms with van der Waals surface area (Å²) >= 11 is 0. The van der Waals surface area contributed by atoms with Crippen molar-refractivity contribution in [2.75, 3.05) is 13.1 Å². The van der Waals surface area contributed by atoms with Crippen molar-refractivity contribution in [2.24, 2.45) is 5.92 Å². The molecule has 1 aliphatic carbocycles. The Kier molecular flexibility index (Phi) is 3.66. The van der Waals surface area contributed by atoms with Gasteiger partial charge in [-0.3, -0.25) is 0 Å². The fourth-order valence-corrected chi connectivity index (χ4v) is 4.47. The molecule has 2 atom stereocenters. The van der Waals surface area contributed by atoms with Crippen LogP contribution in [0.4, 0.5) is 0 Å². The van der Waals surface area contributed by atoms with Crippen molar-refractivity contribution >= 4 is 0 Å². The highest BCUT2D eigenvalue weighted by atomic mass is 15.4. The third-order valence-corrected chi connectivity index (χ3v) is 5.73. The predicted molar refractivity (Wildman–Crippen MR) is 98.6 cm³/mol. The van der Waals surface area contributed by atoms with Crippen LogP contribution in [0.2, 0.25) is 0 Å². The average molecular weight is 308 g/mol. The smallest absolute Gasteiger partial charge is 0.0718 e. The van der Waals surface area contributed by atoms with E-state index in [1.165, 1.54) is 18.5 Å². The molecule has 2 nitrogen and oxygen atoms in total. The molecule has 0 radical (unpaired) electrons. The second-order valence-corrected chi connectivity index (χ2v) is 7.00. The molecule has 0 aromatic carbocycles. The second kappa shape index (κ2) is 5.30. The SMILES string of the molecule is C=CC1=C2C(=C)N(CC)C3(CC3CC)CN2C=C(C(=C)C)C1=C. The Hall–Kier alpha value is -1.96. The zero-order valence-electron chi connectivity index (χ0n) is 14.8. The van der Waals surface area contributed by atoms with E-state index in [1.807, 2.05) is 13.0 Å². The number of likely N-dealkylation sites (N-methyl/N-ethyl adjacent to an activating group) is 1. The molecular formula is C21H28N2. The van der Waals surface area contributed by atoms with Gasteiger partial charge in [0, 0.05) is 30.4 Å². The Morgan fingerprint density at radius 1 is 1.39 bits per heavy atom. The molecule has 2 heteroatoms. The Labute approximate surface area is 140 Å². The molecule has 0 N–H and O–H groups in total. The topological polar surface area (TPSA) is 6.48 Å². The molecule has 1 saturated heterocycles. The van der Waals surface area contributed by atoms with Gasteiger partial charge in [0.1, 0.15) is 0 Å². The highest BCUT2D eigenvalue weighted by Crippen LogP contribution is 2.57. The maximum Gasteiger partial charge on any atom is 0.0718 e. The summed E-state index contributed by atoms with van der Waals surface area (Å²) in [6, 6.07) is 0. The van der Waals surface area contributed by atoms with Gasteiger partial charge in [0.2, 0.25) is 0 Å². The molecule has 2 fully saturated rings. The molecule has 3 rings (SSSR count). The fourth-order valence-electron chi connectivity index (χ4n) is 4.47. The summed E-state index contributed by atoms with van der Waals surface area (Å²) in [5, 5.41) is 0. The van der Waals surface area contributed by atoms with Crippen molar-refractivity contribution in [3.63, 3.8) is 0 Å². The lowest BCUT2D eigenvalue weighted by molar-refractivity contribution is 0.147. The summed E-state index contributed by atoms with van der Waals surface area (Å²) in [5.41, 5.74) is 6.82. The van der Waals surface area contributed by atoms with Gasteiger partial charge < -0.3 is 9.80 Å². The predicted octanol–water partition coefficient (Wildman–Crippen LogP) is 4.78. The van der Waals surface area contributed by atoms with Crippen LogP contribution in [0, 0.1) is 5.92 Å². The number of piperazine rings is 1. The molecule has 1 saturated carbocycles. The molecule has 0 amide bonds. The lowest BCUT2D eigenvalue weighted by Gasteiger charge is -2.49. The molecule has 2 heterocycles. The second-order valence-electron chi connectivity index (χ2n) is 7.00. The molecule has 2 unspecified atom stereocenters. The Bertz CT molecular complexity index is 676. The third-order valence-electron chi connectivity index (χ3n) is 5.73. The molecule has 0 aromatic heterocycles. The van der Waals surface area contributed by atoms with Crippen molar-refractivity contribution in [3.05, 3.63) is 72.3 Å². The zero-order chi connectivity index (χ0) is 16.9. The number of fused-ring (bicyclic) bond motifs is 1. The fraction of sp³-hybridized carbons (Fsp3) is 0.429. The Balaban J connectivity index is 2.10. The molecule has 23 heavy (non-hydrogen) atoms. The summed E-state index contributed by atoms with van der Waals surface area (Å²) in [5.74, 6) is 0.764. The standard InChI is InChI=1S/C21H28N2/c1-8-17-11-21(17)13-22-12-19(14(4)5)15(6)18(9-2)20(22)16(7)23(21)10-3/h9,12,17H,2,4,6-8,10-11,13H2,1,3,5H3.